The topological polar surface area (TPSA) is 87.7 Å². The van der Waals surface area contributed by atoms with E-state index in [-0.39, 0.29) is 18.1 Å². The smallest absolute Gasteiger partial charge is 0.335 e. The van der Waals surface area contributed by atoms with Crippen molar-refractivity contribution in [2.75, 3.05) is 17.2 Å². The van der Waals surface area contributed by atoms with E-state index in [1.807, 2.05) is 43.3 Å². The molecule has 0 atom stereocenters. The predicted molar refractivity (Wildman–Crippen MR) is 120 cm³/mol. The molecule has 0 radical (unpaired) electrons. The Labute approximate surface area is 183 Å². The summed E-state index contributed by atoms with van der Waals surface area (Å²) in [5, 5.41) is 15.1. The average Bonchev–Trinajstić information content (AvgIpc) is 2.71. The van der Waals surface area contributed by atoms with Crippen molar-refractivity contribution in [3.05, 3.63) is 87.9 Å². The van der Waals surface area contributed by atoms with Gasteiger partial charge in [-0.1, -0.05) is 34.1 Å². The van der Waals surface area contributed by atoms with E-state index in [4.69, 9.17) is 9.84 Å². The highest BCUT2D eigenvalue weighted by atomic mass is 79.9. The fraction of sp³-hybridized carbons (Fsp3) is 0.130. The second-order valence-electron chi connectivity index (χ2n) is 6.70. The lowest BCUT2D eigenvalue weighted by Crippen LogP contribution is -2.20. The Morgan fingerprint density at radius 1 is 1.00 bits per heavy atom. The van der Waals surface area contributed by atoms with Gasteiger partial charge >= 0.3 is 5.97 Å². The van der Waals surface area contributed by atoms with E-state index in [1.165, 1.54) is 6.07 Å². The Hall–Kier alpha value is -3.32. The molecule has 0 aliphatic carbocycles. The minimum absolute atomic E-state index is 0.128. The van der Waals surface area contributed by atoms with Crippen LogP contribution in [0.5, 0.6) is 5.75 Å². The maximum atomic E-state index is 12.2. The van der Waals surface area contributed by atoms with Crippen molar-refractivity contribution >= 4 is 39.2 Å². The fourth-order valence-corrected chi connectivity index (χ4v) is 3.26. The average molecular weight is 469 g/mol. The molecule has 0 saturated heterocycles. The summed E-state index contributed by atoms with van der Waals surface area (Å²) in [7, 11) is 0. The molecule has 0 aliphatic rings. The van der Waals surface area contributed by atoms with Gasteiger partial charge in [0.2, 0.25) is 0 Å². The molecule has 3 rings (SSSR count). The van der Waals surface area contributed by atoms with Crippen LogP contribution in [0, 0.1) is 6.92 Å². The Balaban J connectivity index is 1.64. The van der Waals surface area contributed by atoms with Gasteiger partial charge in [-0.15, -0.1) is 0 Å². The number of rotatable bonds is 8. The molecule has 0 fully saturated rings. The molecule has 0 aliphatic heterocycles. The Morgan fingerprint density at radius 2 is 1.77 bits per heavy atom. The van der Waals surface area contributed by atoms with Crippen LogP contribution in [-0.2, 0) is 11.3 Å². The number of carbonyl (C=O) groups excluding carboxylic acids is 1. The molecule has 0 saturated carbocycles. The fourth-order valence-electron chi connectivity index (χ4n) is 2.85. The van der Waals surface area contributed by atoms with Crippen molar-refractivity contribution < 1.29 is 19.4 Å². The largest absolute Gasteiger partial charge is 0.483 e. The van der Waals surface area contributed by atoms with Gasteiger partial charge in [0, 0.05) is 28.0 Å². The predicted octanol–water partition coefficient (Wildman–Crippen LogP) is 5.09. The first-order chi connectivity index (χ1) is 14.4. The number of nitrogens with one attached hydrogen (secondary N) is 2. The molecule has 0 spiro atoms. The summed E-state index contributed by atoms with van der Waals surface area (Å²) >= 11 is 3.44. The van der Waals surface area contributed by atoms with Crippen LogP contribution in [0.2, 0.25) is 0 Å². The molecule has 3 aromatic carbocycles. The quantitative estimate of drug-likeness (QED) is 0.428. The number of ether oxygens (including phenoxy) is 1. The molecule has 0 heterocycles. The number of aromatic carboxylic acids is 1. The van der Waals surface area contributed by atoms with Gasteiger partial charge in [-0.25, -0.2) is 4.79 Å². The normalized spacial score (nSPS) is 10.3. The summed E-state index contributed by atoms with van der Waals surface area (Å²) in [4.78, 5) is 23.4. The summed E-state index contributed by atoms with van der Waals surface area (Å²) in [5.74, 6) is -0.666. The van der Waals surface area contributed by atoms with Crippen LogP contribution in [0.25, 0.3) is 0 Å². The molecule has 154 valence electrons. The summed E-state index contributed by atoms with van der Waals surface area (Å²) in [6.45, 7) is 2.23. The van der Waals surface area contributed by atoms with Crippen LogP contribution in [-0.4, -0.2) is 23.6 Å². The number of carboxylic acid groups (broad SMARTS) is 1. The molecule has 0 bridgehead atoms. The van der Waals surface area contributed by atoms with Crippen LogP contribution < -0.4 is 15.4 Å². The number of hydrogen-bond acceptors (Lipinski definition) is 4. The summed E-state index contributed by atoms with van der Waals surface area (Å²) in [5.41, 5.74) is 3.49. The summed E-state index contributed by atoms with van der Waals surface area (Å²) < 4.78 is 6.61. The Kier molecular flexibility index (Phi) is 7.08. The van der Waals surface area contributed by atoms with E-state index in [9.17, 15) is 9.59 Å². The third kappa shape index (κ3) is 6.09. The molecule has 3 aromatic rings. The Morgan fingerprint density at radius 3 is 2.53 bits per heavy atom. The molecule has 30 heavy (non-hydrogen) atoms. The summed E-state index contributed by atoms with van der Waals surface area (Å²) in [6, 6.07) is 19.6. The summed E-state index contributed by atoms with van der Waals surface area (Å²) in [6.07, 6.45) is 0. The van der Waals surface area contributed by atoms with Gasteiger partial charge in [0.1, 0.15) is 5.75 Å². The molecular formula is C23H21BrN2O4. The molecule has 6 nitrogen and oxygen atoms in total. The zero-order valence-corrected chi connectivity index (χ0v) is 17.9. The SMILES string of the molecule is Cc1cccc(NC(=O)COc2ccc(Br)cc2CNc2cccc(C(=O)O)c2)c1. The van der Waals surface area contributed by atoms with Gasteiger partial charge < -0.3 is 20.5 Å². The second-order valence-corrected chi connectivity index (χ2v) is 7.61. The van der Waals surface area contributed by atoms with Crippen LogP contribution in [0.15, 0.2) is 71.2 Å². The maximum absolute atomic E-state index is 12.2. The minimum Gasteiger partial charge on any atom is -0.483 e. The minimum atomic E-state index is -0.982. The molecule has 1 amide bonds. The highest BCUT2D eigenvalue weighted by Crippen LogP contribution is 2.25. The molecule has 0 unspecified atom stereocenters. The van der Waals surface area contributed by atoms with Gasteiger partial charge in [0.05, 0.1) is 5.56 Å². The van der Waals surface area contributed by atoms with Gasteiger partial charge in [0.15, 0.2) is 6.61 Å². The van der Waals surface area contributed by atoms with Crippen molar-refractivity contribution in [2.45, 2.75) is 13.5 Å². The number of carbonyl (C=O) groups is 2. The lowest BCUT2D eigenvalue weighted by Gasteiger charge is -2.14. The van der Waals surface area contributed by atoms with Crippen molar-refractivity contribution in [3.63, 3.8) is 0 Å². The highest BCUT2D eigenvalue weighted by Gasteiger charge is 2.09. The first kappa shape index (κ1) is 21.4. The molecular weight excluding hydrogens is 448 g/mol. The first-order valence-electron chi connectivity index (χ1n) is 9.26. The molecule has 7 heteroatoms. The van der Waals surface area contributed by atoms with E-state index < -0.39 is 5.97 Å². The zero-order chi connectivity index (χ0) is 21.5. The number of anilines is 2. The van der Waals surface area contributed by atoms with Crippen molar-refractivity contribution in [3.8, 4) is 5.75 Å². The van der Waals surface area contributed by atoms with Crippen LogP contribution in [0.3, 0.4) is 0 Å². The number of halogens is 1. The van der Waals surface area contributed by atoms with E-state index in [1.54, 1.807) is 24.3 Å². The Bertz CT molecular complexity index is 1070. The van der Waals surface area contributed by atoms with Crippen LogP contribution in [0.1, 0.15) is 21.5 Å². The lowest BCUT2D eigenvalue weighted by molar-refractivity contribution is -0.118. The van der Waals surface area contributed by atoms with Gasteiger partial charge in [-0.05, 0) is 61.0 Å². The van der Waals surface area contributed by atoms with Crippen LogP contribution in [0.4, 0.5) is 11.4 Å². The highest BCUT2D eigenvalue weighted by molar-refractivity contribution is 9.10. The van der Waals surface area contributed by atoms with E-state index in [2.05, 4.69) is 26.6 Å². The van der Waals surface area contributed by atoms with Gasteiger partial charge in [-0.2, -0.15) is 0 Å². The van der Waals surface area contributed by atoms with E-state index in [0.717, 1.165) is 21.3 Å². The van der Waals surface area contributed by atoms with E-state index >= 15 is 0 Å². The standard InChI is InChI=1S/C23H21BrN2O4/c1-15-4-2-7-20(10-15)26-22(27)14-30-21-9-8-18(24)11-17(21)13-25-19-6-3-5-16(12-19)23(28)29/h2-12,25H,13-14H2,1H3,(H,26,27)(H,28,29). The van der Waals surface area contributed by atoms with Crippen molar-refractivity contribution in [1.82, 2.24) is 0 Å². The zero-order valence-electron chi connectivity index (χ0n) is 16.3. The van der Waals surface area contributed by atoms with Gasteiger partial charge in [-0.3, -0.25) is 4.79 Å². The second kappa shape index (κ2) is 9.93. The number of aryl methyl sites for hydroxylation is 1. The monoisotopic (exact) mass is 468 g/mol. The maximum Gasteiger partial charge on any atom is 0.335 e. The van der Waals surface area contributed by atoms with Crippen molar-refractivity contribution in [1.29, 1.82) is 0 Å². The van der Waals surface area contributed by atoms with Gasteiger partial charge in [0.25, 0.3) is 5.91 Å². The van der Waals surface area contributed by atoms with Crippen molar-refractivity contribution in [2.24, 2.45) is 0 Å². The molecule has 3 N–H and O–H groups in total. The lowest BCUT2D eigenvalue weighted by atomic mass is 10.1. The number of hydrogen-bond donors (Lipinski definition) is 3. The first-order valence-corrected chi connectivity index (χ1v) is 10.0. The van der Waals surface area contributed by atoms with E-state index in [0.29, 0.717) is 18.0 Å². The number of carboxylic acids is 1. The number of benzene rings is 3. The van der Waals surface area contributed by atoms with Crippen LogP contribution >= 0.6 is 15.9 Å². The third-order valence-electron chi connectivity index (χ3n) is 4.28. The third-order valence-corrected chi connectivity index (χ3v) is 4.77. The number of amides is 1. The molecule has 0 aromatic heterocycles.